The minimum Gasteiger partial charge on any atom is -0.507 e. The van der Waals surface area contributed by atoms with E-state index in [1.54, 1.807) is 0 Å². The first-order valence-corrected chi connectivity index (χ1v) is 9.30. The molecule has 0 saturated heterocycles. The molecule has 0 saturated carbocycles. The zero-order valence-electron chi connectivity index (χ0n) is 14.8. The summed E-state index contributed by atoms with van der Waals surface area (Å²) in [5.74, 6) is -1.19. The largest absolute Gasteiger partial charge is 0.507 e. The first-order chi connectivity index (χ1) is 13.2. The fraction of sp³-hybridized carbons (Fsp3) is 0.222. The monoisotopic (exact) mass is 432 g/mol. The summed E-state index contributed by atoms with van der Waals surface area (Å²) in [6.07, 6.45) is -4.48. The maximum atomic E-state index is 12.8. The van der Waals surface area contributed by atoms with E-state index in [0.717, 1.165) is 23.5 Å². The molecular formula is C18H16ClF3N2O3S. The molecule has 0 radical (unpaired) electrons. The number of aliphatic hydroxyl groups is 1. The standard InChI is InChI=1S/C16H10ClF3N2O3S.C2H6/c17-9-3-7(6-23)13(24)10(5-9)14(25)22-15-21-11-2-1-8(16(18,19)20)4-12(11)26-15;1-2/h1-5,23-24H,6H2,(H,21,22,25);1-2H3. The Morgan fingerprint density at radius 2 is 1.93 bits per heavy atom. The molecule has 0 atom stereocenters. The highest BCUT2D eigenvalue weighted by atomic mass is 35.5. The molecule has 0 fully saturated rings. The van der Waals surface area contributed by atoms with Crippen LogP contribution in [0.25, 0.3) is 10.2 Å². The third kappa shape index (κ3) is 4.73. The average molecular weight is 433 g/mol. The molecule has 1 aromatic heterocycles. The summed E-state index contributed by atoms with van der Waals surface area (Å²) in [6.45, 7) is 3.48. The van der Waals surface area contributed by atoms with Gasteiger partial charge in [0.05, 0.1) is 28.0 Å². The number of carbonyl (C=O) groups excluding carboxylic acids is 1. The van der Waals surface area contributed by atoms with Crippen LogP contribution < -0.4 is 5.32 Å². The van der Waals surface area contributed by atoms with Crippen molar-refractivity contribution >= 4 is 44.2 Å². The van der Waals surface area contributed by atoms with Crippen molar-refractivity contribution in [2.45, 2.75) is 26.6 Å². The van der Waals surface area contributed by atoms with Gasteiger partial charge in [-0.25, -0.2) is 4.98 Å². The van der Waals surface area contributed by atoms with Gasteiger partial charge in [0, 0.05) is 10.6 Å². The Kier molecular flexibility index (Phi) is 6.87. The summed E-state index contributed by atoms with van der Waals surface area (Å²) >= 11 is 6.71. The molecule has 5 nitrogen and oxygen atoms in total. The van der Waals surface area contributed by atoms with E-state index in [1.165, 1.54) is 18.2 Å². The van der Waals surface area contributed by atoms with Gasteiger partial charge in [0.1, 0.15) is 5.75 Å². The normalized spacial score (nSPS) is 11.1. The fourth-order valence-electron chi connectivity index (χ4n) is 2.27. The molecule has 150 valence electrons. The van der Waals surface area contributed by atoms with Crippen molar-refractivity contribution < 1.29 is 28.2 Å². The molecule has 0 spiro atoms. The third-order valence-electron chi connectivity index (χ3n) is 3.50. The van der Waals surface area contributed by atoms with Gasteiger partial charge in [-0.1, -0.05) is 36.8 Å². The number of nitrogens with zero attached hydrogens (tertiary/aromatic N) is 1. The van der Waals surface area contributed by atoms with Crippen LogP contribution in [0.5, 0.6) is 5.75 Å². The molecular weight excluding hydrogens is 417 g/mol. The molecule has 1 amide bonds. The number of halogens is 4. The van der Waals surface area contributed by atoms with E-state index < -0.39 is 30.0 Å². The van der Waals surface area contributed by atoms with E-state index >= 15 is 0 Å². The molecule has 2 aromatic carbocycles. The van der Waals surface area contributed by atoms with E-state index in [9.17, 15) is 28.2 Å². The zero-order valence-corrected chi connectivity index (χ0v) is 16.3. The minimum atomic E-state index is -4.48. The van der Waals surface area contributed by atoms with Crippen LogP contribution in [0.4, 0.5) is 18.3 Å². The highest BCUT2D eigenvalue weighted by molar-refractivity contribution is 7.22. The quantitative estimate of drug-likeness (QED) is 0.514. The number of phenols is 1. The Morgan fingerprint density at radius 1 is 1.25 bits per heavy atom. The van der Waals surface area contributed by atoms with Crippen LogP contribution in [0, 0.1) is 0 Å². The van der Waals surface area contributed by atoms with Crippen molar-refractivity contribution in [1.29, 1.82) is 0 Å². The van der Waals surface area contributed by atoms with Crippen LogP contribution in [0.1, 0.15) is 35.3 Å². The Labute approximate surface area is 167 Å². The predicted molar refractivity (Wildman–Crippen MR) is 103 cm³/mol. The number of rotatable bonds is 3. The maximum Gasteiger partial charge on any atom is 0.416 e. The van der Waals surface area contributed by atoms with Crippen LogP contribution in [-0.4, -0.2) is 21.1 Å². The van der Waals surface area contributed by atoms with Gasteiger partial charge in [-0.05, 0) is 30.3 Å². The molecule has 0 bridgehead atoms. The highest BCUT2D eigenvalue weighted by Crippen LogP contribution is 2.35. The Hall–Kier alpha value is -2.36. The van der Waals surface area contributed by atoms with Crippen LogP contribution in [0.2, 0.25) is 5.02 Å². The molecule has 28 heavy (non-hydrogen) atoms. The summed E-state index contributed by atoms with van der Waals surface area (Å²) in [7, 11) is 0. The van der Waals surface area contributed by atoms with Gasteiger partial charge in [0.15, 0.2) is 5.13 Å². The van der Waals surface area contributed by atoms with Crippen molar-refractivity contribution in [3.63, 3.8) is 0 Å². The molecule has 1 heterocycles. The van der Waals surface area contributed by atoms with Crippen molar-refractivity contribution in [3.8, 4) is 5.75 Å². The first-order valence-electron chi connectivity index (χ1n) is 8.10. The molecule has 0 aliphatic heterocycles. The van der Waals surface area contributed by atoms with Gasteiger partial charge in [-0.3, -0.25) is 10.1 Å². The Morgan fingerprint density at radius 3 is 2.54 bits per heavy atom. The minimum absolute atomic E-state index is 0.0641. The van der Waals surface area contributed by atoms with E-state index in [-0.39, 0.29) is 26.0 Å². The summed E-state index contributed by atoms with van der Waals surface area (Å²) in [5, 5.41) is 21.8. The number of aliphatic hydroxyl groups excluding tert-OH is 1. The SMILES string of the molecule is CC.O=C(Nc1nc2ccc(C(F)(F)F)cc2s1)c1cc(Cl)cc(CO)c1O. The number of anilines is 1. The first kappa shape index (κ1) is 21.9. The van der Waals surface area contributed by atoms with Gasteiger partial charge >= 0.3 is 6.18 Å². The number of fused-ring (bicyclic) bond motifs is 1. The number of alkyl halides is 3. The number of carbonyl (C=O) groups is 1. The number of benzene rings is 2. The summed E-state index contributed by atoms with van der Waals surface area (Å²) in [4.78, 5) is 16.4. The van der Waals surface area contributed by atoms with Crippen LogP contribution in [0.15, 0.2) is 30.3 Å². The lowest BCUT2D eigenvalue weighted by Gasteiger charge is -2.08. The molecule has 10 heteroatoms. The van der Waals surface area contributed by atoms with Gasteiger partial charge in [0.2, 0.25) is 0 Å². The lowest BCUT2D eigenvalue weighted by atomic mass is 10.1. The molecule has 3 N–H and O–H groups in total. The summed E-state index contributed by atoms with van der Waals surface area (Å²) in [6, 6.07) is 5.59. The molecule has 3 rings (SSSR count). The molecule has 0 aliphatic rings. The number of thiazole rings is 1. The highest BCUT2D eigenvalue weighted by Gasteiger charge is 2.30. The zero-order chi connectivity index (χ0) is 21.1. The summed E-state index contributed by atoms with van der Waals surface area (Å²) < 4.78 is 38.5. The van der Waals surface area contributed by atoms with Gasteiger partial charge in [0.25, 0.3) is 5.91 Å². The van der Waals surface area contributed by atoms with Crippen LogP contribution in [0.3, 0.4) is 0 Å². The van der Waals surface area contributed by atoms with Crippen molar-refractivity contribution in [2.75, 3.05) is 5.32 Å². The van der Waals surface area contributed by atoms with Crippen LogP contribution >= 0.6 is 22.9 Å². The average Bonchev–Trinajstić information content (AvgIpc) is 3.05. The van der Waals surface area contributed by atoms with Crippen molar-refractivity contribution in [2.24, 2.45) is 0 Å². The Balaban J connectivity index is 0.00000136. The molecule has 0 aliphatic carbocycles. The van der Waals surface area contributed by atoms with E-state index in [2.05, 4.69) is 10.3 Å². The number of amides is 1. The molecule has 3 aromatic rings. The predicted octanol–water partition coefficient (Wildman–Crippen LogP) is 5.44. The van der Waals surface area contributed by atoms with Crippen molar-refractivity contribution in [3.05, 3.63) is 52.0 Å². The third-order valence-corrected chi connectivity index (χ3v) is 4.66. The molecule has 0 unspecified atom stereocenters. The van der Waals surface area contributed by atoms with Gasteiger partial charge < -0.3 is 10.2 Å². The lowest BCUT2D eigenvalue weighted by molar-refractivity contribution is -0.137. The maximum absolute atomic E-state index is 12.8. The van der Waals surface area contributed by atoms with Gasteiger partial charge in [-0.2, -0.15) is 13.2 Å². The van der Waals surface area contributed by atoms with E-state index in [1.807, 2.05) is 13.8 Å². The number of nitrogens with one attached hydrogen (secondary N) is 1. The lowest BCUT2D eigenvalue weighted by Crippen LogP contribution is -2.12. The Bertz CT molecular complexity index is 1010. The second-order valence-corrected chi connectivity index (χ2v) is 6.74. The van der Waals surface area contributed by atoms with E-state index in [0.29, 0.717) is 5.52 Å². The summed E-state index contributed by atoms with van der Waals surface area (Å²) in [5.41, 5.74) is -0.630. The second kappa shape index (κ2) is 8.76. The fourth-order valence-corrected chi connectivity index (χ4v) is 3.41. The number of aromatic hydroxyl groups is 1. The van der Waals surface area contributed by atoms with E-state index in [4.69, 9.17) is 11.6 Å². The smallest absolute Gasteiger partial charge is 0.416 e. The van der Waals surface area contributed by atoms with Crippen LogP contribution in [-0.2, 0) is 12.8 Å². The topological polar surface area (TPSA) is 82.5 Å². The second-order valence-electron chi connectivity index (χ2n) is 5.27. The number of hydrogen-bond acceptors (Lipinski definition) is 5. The number of hydrogen-bond donors (Lipinski definition) is 3. The van der Waals surface area contributed by atoms with Crippen molar-refractivity contribution in [1.82, 2.24) is 4.98 Å². The van der Waals surface area contributed by atoms with Gasteiger partial charge in [-0.15, -0.1) is 0 Å². The number of aromatic nitrogens is 1.